The average Bonchev–Trinajstić information content (AvgIpc) is 2.66. The average molecular weight is 322 g/mol. The van der Waals surface area contributed by atoms with E-state index in [1.165, 1.54) is 62.1 Å². The van der Waals surface area contributed by atoms with Crippen molar-refractivity contribution >= 4 is 5.69 Å². The van der Waals surface area contributed by atoms with E-state index in [2.05, 4.69) is 71.3 Å². The molecule has 0 aromatic heterocycles. The second-order valence-corrected chi connectivity index (χ2v) is 6.77. The largest absolute Gasteiger partial charge is 0.368 e. The van der Waals surface area contributed by atoms with E-state index in [9.17, 15) is 0 Å². The summed E-state index contributed by atoms with van der Waals surface area (Å²) in [5, 5.41) is 0. The van der Waals surface area contributed by atoms with Crippen molar-refractivity contribution in [2.45, 2.75) is 32.6 Å². The van der Waals surface area contributed by atoms with Gasteiger partial charge in [0.25, 0.3) is 0 Å². The molecule has 2 heteroatoms. The van der Waals surface area contributed by atoms with E-state index >= 15 is 0 Å². The number of piperazine rings is 1. The van der Waals surface area contributed by atoms with E-state index in [-0.39, 0.29) is 0 Å². The minimum absolute atomic E-state index is 1.14. The zero-order valence-corrected chi connectivity index (χ0v) is 15.0. The maximum atomic E-state index is 2.64. The lowest BCUT2D eigenvalue weighted by Crippen LogP contribution is -2.46. The Hall–Kier alpha value is -1.80. The van der Waals surface area contributed by atoms with E-state index in [1.807, 2.05) is 0 Å². The molecule has 1 aliphatic heterocycles. The lowest BCUT2D eigenvalue weighted by atomic mass is 10.0. The van der Waals surface area contributed by atoms with Crippen molar-refractivity contribution in [3.63, 3.8) is 0 Å². The lowest BCUT2D eigenvalue weighted by Gasteiger charge is -2.37. The fourth-order valence-electron chi connectivity index (χ4n) is 3.59. The summed E-state index contributed by atoms with van der Waals surface area (Å²) in [4.78, 5) is 5.20. The van der Waals surface area contributed by atoms with Crippen LogP contribution in [-0.2, 0) is 0 Å². The first-order valence-corrected chi connectivity index (χ1v) is 9.50. The van der Waals surface area contributed by atoms with Crippen LogP contribution in [0.1, 0.15) is 32.6 Å². The van der Waals surface area contributed by atoms with Gasteiger partial charge in [-0.25, -0.2) is 0 Å². The summed E-state index contributed by atoms with van der Waals surface area (Å²) in [6.45, 7) is 8.21. The SMILES string of the molecule is CCCCCCN1CCN(c2ccccc2-c2ccccc2)CC1. The van der Waals surface area contributed by atoms with Crippen LogP contribution in [0.25, 0.3) is 11.1 Å². The molecule has 0 unspecified atom stereocenters. The summed E-state index contributed by atoms with van der Waals surface area (Å²) in [6, 6.07) is 19.6. The number of anilines is 1. The number of para-hydroxylation sites is 1. The van der Waals surface area contributed by atoms with Crippen molar-refractivity contribution in [1.82, 2.24) is 4.90 Å². The molecule has 1 aliphatic rings. The van der Waals surface area contributed by atoms with E-state index in [0.29, 0.717) is 0 Å². The van der Waals surface area contributed by atoms with Crippen molar-refractivity contribution < 1.29 is 0 Å². The molecular formula is C22H30N2. The van der Waals surface area contributed by atoms with E-state index in [0.717, 1.165) is 13.1 Å². The van der Waals surface area contributed by atoms with Gasteiger partial charge in [0.15, 0.2) is 0 Å². The monoisotopic (exact) mass is 322 g/mol. The summed E-state index contributed by atoms with van der Waals surface area (Å²) < 4.78 is 0. The smallest absolute Gasteiger partial charge is 0.0446 e. The van der Waals surface area contributed by atoms with Crippen molar-refractivity contribution in [3.8, 4) is 11.1 Å². The van der Waals surface area contributed by atoms with Gasteiger partial charge in [0, 0.05) is 37.4 Å². The van der Waals surface area contributed by atoms with Gasteiger partial charge in [-0.15, -0.1) is 0 Å². The van der Waals surface area contributed by atoms with Gasteiger partial charge in [-0.1, -0.05) is 74.7 Å². The van der Waals surface area contributed by atoms with Crippen molar-refractivity contribution in [2.24, 2.45) is 0 Å². The van der Waals surface area contributed by atoms with Crippen molar-refractivity contribution in [2.75, 3.05) is 37.6 Å². The number of benzene rings is 2. The Morgan fingerprint density at radius 3 is 2.21 bits per heavy atom. The fraction of sp³-hybridized carbons (Fsp3) is 0.455. The van der Waals surface area contributed by atoms with Crippen LogP contribution in [0.2, 0.25) is 0 Å². The summed E-state index contributed by atoms with van der Waals surface area (Å²) in [5.41, 5.74) is 4.05. The molecule has 1 saturated heterocycles. The summed E-state index contributed by atoms with van der Waals surface area (Å²) in [6.07, 6.45) is 5.44. The van der Waals surface area contributed by atoms with Crippen molar-refractivity contribution in [1.29, 1.82) is 0 Å². The third kappa shape index (κ3) is 4.39. The normalized spacial score (nSPS) is 15.6. The maximum Gasteiger partial charge on any atom is 0.0446 e. The first-order chi connectivity index (χ1) is 11.9. The predicted octanol–water partition coefficient (Wildman–Crippen LogP) is 5.06. The molecule has 0 atom stereocenters. The molecule has 2 nitrogen and oxygen atoms in total. The van der Waals surface area contributed by atoms with Gasteiger partial charge in [-0.3, -0.25) is 4.90 Å². The molecule has 0 N–H and O–H groups in total. The lowest BCUT2D eigenvalue weighted by molar-refractivity contribution is 0.252. The summed E-state index contributed by atoms with van der Waals surface area (Å²) >= 11 is 0. The molecule has 3 rings (SSSR count). The van der Waals surface area contributed by atoms with Gasteiger partial charge in [-0.05, 0) is 24.6 Å². The van der Waals surface area contributed by atoms with Gasteiger partial charge >= 0.3 is 0 Å². The quantitative estimate of drug-likeness (QED) is 0.658. The molecule has 0 bridgehead atoms. The Bertz CT molecular complexity index is 600. The van der Waals surface area contributed by atoms with Crippen LogP contribution < -0.4 is 4.90 Å². The van der Waals surface area contributed by atoms with Crippen LogP contribution in [0, 0.1) is 0 Å². The van der Waals surface area contributed by atoms with Crippen LogP contribution in [-0.4, -0.2) is 37.6 Å². The van der Waals surface area contributed by atoms with E-state index in [4.69, 9.17) is 0 Å². The third-order valence-corrected chi connectivity index (χ3v) is 5.03. The van der Waals surface area contributed by atoms with Gasteiger partial charge < -0.3 is 4.90 Å². The first kappa shape index (κ1) is 17.0. The van der Waals surface area contributed by atoms with Crippen molar-refractivity contribution in [3.05, 3.63) is 54.6 Å². The molecule has 0 spiro atoms. The predicted molar refractivity (Wildman–Crippen MR) is 105 cm³/mol. The number of hydrogen-bond acceptors (Lipinski definition) is 2. The zero-order valence-electron chi connectivity index (χ0n) is 15.0. The highest BCUT2D eigenvalue weighted by molar-refractivity contribution is 5.78. The van der Waals surface area contributed by atoms with Crippen LogP contribution in [0.5, 0.6) is 0 Å². The molecule has 24 heavy (non-hydrogen) atoms. The standard InChI is InChI=1S/C22H30N2/c1-2-3-4-10-15-23-16-18-24(19-17-23)22-14-9-8-13-21(22)20-11-6-5-7-12-20/h5-9,11-14H,2-4,10,15-19H2,1H3. The Kier molecular flexibility index (Phi) is 6.31. The summed E-state index contributed by atoms with van der Waals surface area (Å²) in [7, 11) is 0. The number of hydrogen-bond donors (Lipinski definition) is 0. The molecule has 2 aromatic carbocycles. The molecule has 128 valence electrons. The second-order valence-electron chi connectivity index (χ2n) is 6.77. The van der Waals surface area contributed by atoms with Gasteiger partial charge in [0.05, 0.1) is 0 Å². The minimum atomic E-state index is 1.14. The van der Waals surface area contributed by atoms with Gasteiger partial charge in [-0.2, -0.15) is 0 Å². The highest BCUT2D eigenvalue weighted by atomic mass is 15.3. The Balaban J connectivity index is 1.61. The van der Waals surface area contributed by atoms with Crippen LogP contribution in [0.15, 0.2) is 54.6 Å². The van der Waals surface area contributed by atoms with Crippen LogP contribution in [0.4, 0.5) is 5.69 Å². The first-order valence-electron chi connectivity index (χ1n) is 9.50. The number of rotatable bonds is 7. The molecule has 1 heterocycles. The topological polar surface area (TPSA) is 6.48 Å². The van der Waals surface area contributed by atoms with Gasteiger partial charge in [0.2, 0.25) is 0 Å². The molecular weight excluding hydrogens is 292 g/mol. The Morgan fingerprint density at radius 1 is 0.750 bits per heavy atom. The molecule has 1 fully saturated rings. The Labute approximate surface area is 147 Å². The second kappa shape index (κ2) is 8.89. The third-order valence-electron chi connectivity index (χ3n) is 5.03. The number of nitrogens with zero attached hydrogens (tertiary/aromatic N) is 2. The highest BCUT2D eigenvalue weighted by Gasteiger charge is 2.19. The van der Waals surface area contributed by atoms with Crippen LogP contribution in [0.3, 0.4) is 0 Å². The maximum absolute atomic E-state index is 2.64. The molecule has 2 aromatic rings. The molecule has 0 amide bonds. The Morgan fingerprint density at radius 2 is 1.46 bits per heavy atom. The van der Waals surface area contributed by atoms with E-state index in [1.54, 1.807) is 0 Å². The molecule has 0 saturated carbocycles. The minimum Gasteiger partial charge on any atom is -0.368 e. The van der Waals surface area contributed by atoms with Gasteiger partial charge in [0.1, 0.15) is 0 Å². The highest BCUT2D eigenvalue weighted by Crippen LogP contribution is 2.31. The fourth-order valence-corrected chi connectivity index (χ4v) is 3.59. The van der Waals surface area contributed by atoms with Crippen LogP contribution >= 0.6 is 0 Å². The molecule has 0 aliphatic carbocycles. The zero-order chi connectivity index (χ0) is 16.6. The summed E-state index contributed by atoms with van der Waals surface area (Å²) in [5.74, 6) is 0. The van der Waals surface area contributed by atoms with E-state index < -0.39 is 0 Å². The molecule has 0 radical (unpaired) electrons. The number of unbranched alkanes of at least 4 members (excludes halogenated alkanes) is 3.